The molecular weight excluding hydrogens is 242 g/mol. The lowest BCUT2D eigenvalue weighted by molar-refractivity contribution is -0.138. The van der Waals surface area contributed by atoms with Crippen molar-refractivity contribution in [3.05, 3.63) is 0 Å². The van der Waals surface area contributed by atoms with Crippen LogP contribution >= 0.6 is 0 Å². The van der Waals surface area contributed by atoms with Crippen LogP contribution in [0, 0.1) is 5.92 Å². The van der Waals surface area contributed by atoms with Gasteiger partial charge in [0.25, 0.3) is 0 Å². The molecule has 2 heterocycles. The maximum Gasteiger partial charge on any atom is 0.246 e. The molecule has 0 aromatic rings. The maximum absolute atomic E-state index is 11.9. The van der Waals surface area contributed by atoms with E-state index in [-0.39, 0.29) is 17.9 Å². The van der Waals surface area contributed by atoms with E-state index in [1.54, 1.807) is 0 Å². The van der Waals surface area contributed by atoms with Crippen molar-refractivity contribution in [3.63, 3.8) is 0 Å². The standard InChI is InChI=1S/C14H25N3O2/c1-3-17-13(18)8-12(14(17)19)15-9-11(2)10-16-6-4-5-7-16/h11-12,15H,3-10H2,1-2H3. The number of hydrogen-bond donors (Lipinski definition) is 1. The highest BCUT2D eigenvalue weighted by molar-refractivity contribution is 6.05. The summed E-state index contributed by atoms with van der Waals surface area (Å²) in [6.45, 7) is 8.82. The number of carbonyl (C=O) groups is 2. The smallest absolute Gasteiger partial charge is 0.246 e. The molecule has 0 aromatic heterocycles. The first kappa shape index (κ1) is 14.5. The second-order valence-electron chi connectivity index (χ2n) is 5.75. The molecule has 2 rings (SSSR count). The second-order valence-corrected chi connectivity index (χ2v) is 5.75. The van der Waals surface area contributed by atoms with E-state index < -0.39 is 0 Å². The van der Waals surface area contributed by atoms with Crippen LogP contribution in [0.4, 0.5) is 0 Å². The fourth-order valence-corrected chi connectivity index (χ4v) is 2.99. The van der Waals surface area contributed by atoms with E-state index in [0.717, 1.165) is 13.1 Å². The molecule has 2 saturated heterocycles. The summed E-state index contributed by atoms with van der Waals surface area (Å²) in [6.07, 6.45) is 2.94. The lowest BCUT2D eigenvalue weighted by Gasteiger charge is -2.21. The molecule has 2 aliphatic heterocycles. The molecule has 2 fully saturated rings. The van der Waals surface area contributed by atoms with Crippen LogP contribution in [0.5, 0.6) is 0 Å². The van der Waals surface area contributed by atoms with Gasteiger partial charge in [0.1, 0.15) is 0 Å². The Morgan fingerprint density at radius 2 is 2.00 bits per heavy atom. The monoisotopic (exact) mass is 267 g/mol. The van der Waals surface area contributed by atoms with Crippen LogP contribution in [0.25, 0.3) is 0 Å². The largest absolute Gasteiger partial charge is 0.305 e. The van der Waals surface area contributed by atoms with Gasteiger partial charge >= 0.3 is 0 Å². The van der Waals surface area contributed by atoms with E-state index in [4.69, 9.17) is 0 Å². The van der Waals surface area contributed by atoms with Gasteiger partial charge in [-0.25, -0.2) is 0 Å². The van der Waals surface area contributed by atoms with E-state index in [2.05, 4.69) is 17.1 Å². The summed E-state index contributed by atoms with van der Waals surface area (Å²) < 4.78 is 0. The highest BCUT2D eigenvalue weighted by Crippen LogP contribution is 2.14. The summed E-state index contributed by atoms with van der Waals surface area (Å²) in [4.78, 5) is 27.4. The van der Waals surface area contributed by atoms with Gasteiger partial charge in [-0.15, -0.1) is 0 Å². The summed E-state index contributed by atoms with van der Waals surface area (Å²) in [5, 5.41) is 3.26. The van der Waals surface area contributed by atoms with Crippen molar-refractivity contribution < 1.29 is 9.59 Å². The van der Waals surface area contributed by atoms with Crippen molar-refractivity contribution in [2.75, 3.05) is 32.7 Å². The van der Waals surface area contributed by atoms with Crippen molar-refractivity contribution in [2.45, 2.75) is 39.2 Å². The summed E-state index contributed by atoms with van der Waals surface area (Å²) in [5.41, 5.74) is 0. The van der Waals surface area contributed by atoms with E-state index in [1.807, 2.05) is 6.92 Å². The molecule has 19 heavy (non-hydrogen) atoms. The molecule has 2 atom stereocenters. The first-order valence-electron chi connectivity index (χ1n) is 7.41. The molecule has 0 aliphatic carbocycles. The molecule has 108 valence electrons. The fourth-order valence-electron chi connectivity index (χ4n) is 2.99. The number of hydrogen-bond acceptors (Lipinski definition) is 4. The number of carbonyl (C=O) groups excluding carboxylic acids is 2. The van der Waals surface area contributed by atoms with Gasteiger partial charge in [0, 0.05) is 13.1 Å². The number of nitrogens with one attached hydrogen (secondary N) is 1. The molecule has 0 spiro atoms. The molecule has 2 aliphatic rings. The lowest BCUT2D eigenvalue weighted by Crippen LogP contribution is -2.41. The Hall–Kier alpha value is -0.940. The van der Waals surface area contributed by atoms with E-state index in [1.165, 1.54) is 30.8 Å². The minimum Gasteiger partial charge on any atom is -0.305 e. The normalized spacial score (nSPS) is 26.4. The first-order valence-corrected chi connectivity index (χ1v) is 7.41. The van der Waals surface area contributed by atoms with E-state index >= 15 is 0 Å². The Kier molecular flexibility index (Phi) is 4.93. The number of likely N-dealkylation sites (tertiary alicyclic amines) is 2. The Morgan fingerprint density at radius 1 is 1.32 bits per heavy atom. The second kappa shape index (κ2) is 6.48. The summed E-state index contributed by atoms with van der Waals surface area (Å²) in [7, 11) is 0. The number of amides is 2. The lowest BCUT2D eigenvalue weighted by atomic mass is 10.1. The van der Waals surface area contributed by atoms with Crippen LogP contribution in [-0.4, -0.2) is 60.4 Å². The molecule has 0 bridgehead atoms. The molecule has 0 aromatic carbocycles. The summed E-state index contributed by atoms with van der Waals surface area (Å²) in [5.74, 6) is 0.412. The summed E-state index contributed by atoms with van der Waals surface area (Å²) >= 11 is 0. The number of nitrogens with zero attached hydrogens (tertiary/aromatic N) is 2. The maximum atomic E-state index is 11.9. The van der Waals surface area contributed by atoms with Gasteiger partial charge in [-0.2, -0.15) is 0 Å². The SMILES string of the molecule is CCN1C(=O)CC(NCC(C)CN2CCCC2)C1=O. The van der Waals surface area contributed by atoms with Crippen molar-refractivity contribution in [3.8, 4) is 0 Å². The van der Waals surface area contributed by atoms with Crippen molar-refractivity contribution in [1.82, 2.24) is 15.1 Å². The fraction of sp³-hybridized carbons (Fsp3) is 0.857. The molecule has 5 nitrogen and oxygen atoms in total. The average molecular weight is 267 g/mol. The third-order valence-corrected chi connectivity index (χ3v) is 4.04. The quantitative estimate of drug-likeness (QED) is 0.710. The van der Waals surface area contributed by atoms with Gasteiger partial charge in [-0.1, -0.05) is 6.92 Å². The predicted molar refractivity (Wildman–Crippen MR) is 73.6 cm³/mol. The van der Waals surface area contributed by atoms with E-state index in [0.29, 0.717) is 18.9 Å². The minimum atomic E-state index is -0.298. The number of likely N-dealkylation sites (N-methyl/N-ethyl adjacent to an activating group) is 1. The van der Waals surface area contributed by atoms with E-state index in [9.17, 15) is 9.59 Å². The minimum absolute atomic E-state index is 0.0443. The van der Waals surface area contributed by atoms with Crippen LogP contribution in [0.2, 0.25) is 0 Å². The van der Waals surface area contributed by atoms with Crippen LogP contribution < -0.4 is 5.32 Å². The summed E-state index contributed by atoms with van der Waals surface area (Å²) in [6, 6.07) is -0.298. The van der Waals surface area contributed by atoms with Gasteiger partial charge in [0.2, 0.25) is 11.8 Å². The van der Waals surface area contributed by atoms with Crippen LogP contribution in [0.3, 0.4) is 0 Å². The number of rotatable bonds is 6. The van der Waals surface area contributed by atoms with Crippen molar-refractivity contribution in [1.29, 1.82) is 0 Å². The molecule has 5 heteroatoms. The van der Waals surface area contributed by atoms with Gasteiger partial charge in [0.05, 0.1) is 12.5 Å². The Labute approximate surface area is 115 Å². The van der Waals surface area contributed by atoms with Crippen LogP contribution in [-0.2, 0) is 9.59 Å². The zero-order valence-electron chi connectivity index (χ0n) is 12.0. The van der Waals surface area contributed by atoms with Gasteiger partial charge in [-0.3, -0.25) is 14.5 Å². The molecule has 2 unspecified atom stereocenters. The topological polar surface area (TPSA) is 52.7 Å². The van der Waals surface area contributed by atoms with Crippen LogP contribution in [0.1, 0.15) is 33.1 Å². The van der Waals surface area contributed by atoms with Crippen molar-refractivity contribution in [2.24, 2.45) is 5.92 Å². The predicted octanol–water partition coefficient (Wildman–Crippen LogP) is 0.455. The Bertz CT molecular complexity index is 340. The Balaban J connectivity index is 1.73. The van der Waals surface area contributed by atoms with Gasteiger partial charge < -0.3 is 10.2 Å². The zero-order chi connectivity index (χ0) is 13.8. The molecule has 0 saturated carbocycles. The third kappa shape index (κ3) is 3.54. The molecule has 2 amide bonds. The highest BCUT2D eigenvalue weighted by Gasteiger charge is 2.37. The zero-order valence-corrected chi connectivity index (χ0v) is 12.0. The third-order valence-electron chi connectivity index (χ3n) is 4.04. The van der Waals surface area contributed by atoms with Crippen molar-refractivity contribution >= 4 is 11.8 Å². The molecule has 0 radical (unpaired) electrons. The van der Waals surface area contributed by atoms with Gasteiger partial charge in [-0.05, 0) is 45.3 Å². The average Bonchev–Trinajstić information content (AvgIpc) is 2.96. The Morgan fingerprint density at radius 3 is 2.58 bits per heavy atom. The highest BCUT2D eigenvalue weighted by atomic mass is 16.2. The first-order chi connectivity index (χ1) is 9.11. The number of imide groups is 1. The molecular formula is C14H25N3O2. The molecule has 1 N–H and O–H groups in total. The van der Waals surface area contributed by atoms with Crippen LogP contribution in [0.15, 0.2) is 0 Å². The van der Waals surface area contributed by atoms with Gasteiger partial charge in [0.15, 0.2) is 0 Å².